The molecule has 0 saturated carbocycles. The van der Waals surface area contributed by atoms with Crippen LogP contribution >= 0.6 is 0 Å². The number of rotatable bonds is 10. The average Bonchev–Trinajstić information content (AvgIpc) is 3.37. The van der Waals surface area contributed by atoms with Crippen LogP contribution in [0.2, 0.25) is 0 Å². The maximum atomic E-state index is 9.00. The van der Waals surface area contributed by atoms with Crippen LogP contribution in [-0.2, 0) is 0 Å². The summed E-state index contributed by atoms with van der Waals surface area (Å²) in [6.45, 7) is 0. The molecule has 2 aliphatic rings. The van der Waals surface area contributed by atoms with Gasteiger partial charge in [-0.25, -0.2) is 0 Å². The van der Waals surface area contributed by atoms with Crippen LogP contribution in [0.25, 0.3) is 39.0 Å². The Morgan fingerprint density at radius 3 is 1.64 bits per heavy atom. The standard InChI is InChI=1S/C54H44N2/c1-5-14-41(15-6-1)43-24-32-51(33-25-43)55(49-20-9-3-10-21-49)53-36-28-45(29-37-53)47-18-13-19-48(40-47)46-30-38-54(39-31-46)56(50-22-11-4-12-23-50)52-34-26-44(27-35-52)42-16-7-2-8-17-42/h1-11,13-22,24-36,38-40,53H,12,23,37H2/i3D,4D,9D,10D,11D,12D,20D,21D,22D,23D. The first-order chi connectivity index (χ1) is 31.9. The number of hydrogen-bond acceptors (Lipinski definition) is 2. The van der Waals surface area contributed by atoms with Gasteiger partial charge >= 0.3 is 0 Å². The summed E-state index contributed by atoms with van der Waals surface area (Å²) in [5, 5.41) is 0. The summed E-state index contributed by atoms with van der Waals surface area (Å²) < 4.78 is 86.3. The van der Waals surface area contributed by atoms with Crippen molar-refractivity contribution in [3.8, 4) is 33.4 Å². The minimum atomic E-state index is -1.31. The Balaban J connectivity index is 1.02. The molecule has 0 aromatic heterocycles. The van der Waals surface area contributed by atoms with Gasteiger partial charge in [0.15, 0.2) is 0 Å². The van der Waals surface area contributed by atoms with E-state index in [-0.39, 0.29) is 59.8 Å². The Kier molecular flexibility index (Phi) is 7.31. The Morgan fingerprint density at radius 1 is 0.518 bits per heavy atom. The van der Waals surface area contributed by atoms with Crippen LogP contribution in [-0.4, -0.2) is 6.04 Å². The Hall–Kier alpha value is -6.90. The molecule has 56 heavy (non-hydrogen) atoms. The quantitative estimate of drug-likeness (QED) is 0.138. The highest BCUT2D eigenvalue weighted by molar-refractivity contribution is 5.81. The van der Waals surface area contributed by atoms with Crippen LogP contribution < -0.4 is 9.80 Å². The van der Waals surface area contributed by atoms with E-state index in [1.165, 1.54) is 0 Å². The van der Waals surface area contributed by atoms with Gasteiger partial charge in [-0.1, -0.05) is 164 Å². The largest absolute Gasteiger partial charge is 0.334 e. The molecule has 2 aliphatic carbocycles. The van der Waals surface area contributed by atoms with Gasteiger partial charge in [0.25, 0.3) is 0 Å². The van der Waals surface area contributed by atoms with E-state index in [9.17, 15) is 0 Å². The van der Waals surface area contributed by atoms with Gasteiger partial charge in [-0.15, -0.1) is 0 Å². The van der Waals surface area contributed by atoms with Gasteiger partial charge in [0.05, 0.1) is 17.0 Å². The van der Waals surface area contributed by atoms with Crippen LogP contribution in [0.1, 0.15) is 38.5 Å². The molecular formula is C54H44N2. The van der Waals surface area contributed by atoms with Crippen LogP contribution in [0, 0.1) is 0 Å². The Labute approximate surface area is 345 Å². The summed E-state index contributed by atoms with van der Waals surface area (Å²) in [5.41, 5.74) is 10.2. The van der Waals surface area contributed by atoms with E-state index in [0.29, 0.717) is 23.5 Å². The van der Waals surface area contributed by atoms with Crippen molar-refractivity contribution in [2.75, 3.05) is 9.80 Å². The molecule has 0 saturated heterocycles. The lowest BCUT2D eigenvalue weighted by atomic mass is 9.93. The molecule has 9 rings (SSSR count). The van der Waals surface area contributed by atoms with Crippen molar-refractivity contribution in [2.24, 2.45) is 0 Å². The van der Waals surface area contributed by atoms with Crippen molar-refractivity contribution < 1.29 is 13.7 Å². The summed E-state index contributed by atoms with van der Waals surface area (Å²) in [4.78, 5) is 3.60. The minimum Gasteiger partial charge on any atom is -0.334 e. The highest BCUT2D eigenvalue weighted by Gasteiger charge is 2.21. The molecule has 7 aromatic carbocycles. The second kappa shape index (κ2) is 16.2. The molecule has 0 N–H and O–H groups in total. The van der Waals surface area contributed by atoms with Crippen molar-refractivity contribution in [1.82, 2.24) is 0 Å². The fourth-order valence-electron chi connectivity index (χ4n) is 7.29. The van der Waals surface area contributed by atoms with Gasteiger partial charge in [-0.3, -0.25) is 0 Å². The highest BCUT2D eigenvalue weighted by atomic mass is 15.2. The molecule has 0 radical (unpaired) electrons. The number of hydrogen-bond donors (Lipinski definition) is 0. The molecule has 0 heterocycles. The van der Waals surface area contributed by atoms with E-state index in [4.69, 9.17) is 13.7 Å². The zero-order valence-corrected chi connectivity index (χ0v) is 30.6. The summed E-state index contributed by atoms with van der Waals surface area (Å²) in [6.07, 6.45) is 4.07. The summed E-state index contributed by atoms with van der Waals surface area (Å²) in [6, 6.07) is 48.4. The number of nitrogens with zero attached hydrogens (tertiary/aromatic N) is 2. The fourth-order valence-corrected chi connectivity index (χ4v) is 7.29. The molecule has 270 valence electrons. The topological polar surface area (TPSA) is 6.48 Å². The van der Waals surface area contributed by atoms with Gasteiger partial charge in [-0.05, 0) is 124 Å². The van der Waals surface area contributed by atoms with E-state index in [0.717, 1.165) is 44.5 Å². The van der Waals surface area contributed by atoms with Crippen LogP contribution in [0.5, 0.6) is 0 Å². The molecule has 3 unspecified atom stereocenters. The van der Waals surface area contributed by atoms with Crippen LogP contribution in [0.4, 0.5) is 22.7 Å². The van der Waals surface area contributed by atoms with Gasteiger partial charge < -0.3 is 9.80 Å². The monoisotopic (exact) mass is 730 g/mol. The molecular weight excluding hydrogens is 677 g/mol. The van der Waals surface area contributed by atoms with Gasteiger partial charge in [-0.2, -0.15) is 0 Å². The third-order valence-corrected chi connectivity index (χ3v) is 10.1. The zero-order valence-electron chi connectivity index (χ0n) is 40.6. The molecule has 0 bridgehead atoms. The maximum absolute atomic E-state index is 9.00. The fraction of sp³-hybridized carbons (Fsp3) is 0.0741. The number of anilines is 4. The Morgan fingerprint density at radius 2 is 1.05 bits per heavy atom. The van der Waals surface area contributed by atoms with E-state index in [1.54, 1.807) is 4.90 Å². The minimum absolute atomic E-state index is 0.113. The van der Waals surface area contributed by atoms with E-state index in [1.807, 2.05) is 169 Å². The van der Waals surface area contributed by atoms with Crippen molar-refractivity contribution in [3.05, 3.63) is 236 Å². The smallest absolute Gasteiger partial charge is 0.0645 e. The molecule has 0 spiro atoms. The van der Waals surface area contributed by atoms with Gasteiger partial charge in [0.2, 0.25) is 0 Å². The van der Waals surface area contributed by atoms with Gasteiger partial charge in [0, 0.05) is 31.2 Å². The van der Waals surface area contributed by atoms with Crippen molar-refractivity contribution in [2.45, 2.75) is 25.3 Å². The van der Waals surface area contributed by atoms with E-state index >= 15 is 0 Å². The predicted octanol–water partition coefficient (Wildman–Crippen LogP) is 14.6. The lowest BCUT2D eigenvalue weighted by Crippen LogP contribution is -2.30. The molecule has 2 nitrogen and oxygen atoms in total. The van der Waals surface area contributed by atoms with Gasteiger partial charge in [0.1, 0.15) is 0 Å². The molecule has 0 fully saturated rings. The van der Waals surface area contributed by atoms with E-state index in [2.05, 4.69) is 12.1 Å². The van der Waals surface area contributed by atoms with Crippen molar-refractivity contribution in [3.63, 3.8) is 0 Å². The van der Waals surface area contributed by atoms with Crippen LogP contribution in [0.15, 0.2) is 230 Å². The van der Waals surface area contributed by atoms with Crippen molar-refractivity contribution in [1.29, 1.82) is 0 Å². The molecule has 3 atom stereocenters. The Bertz CT molecular complexity index is 3030. The van der Waals surface area contributed by atoms with Crippen LogP contribution in [0.3, 0.4) is 0 Å². The average molecular weight is 731 g/mol. The lowest BCUT2D eigenvalue weighted by Gasteiger charge is -2.33. The molecule has 7 aromatic rings. The number of allylic oxidation sites excluding steroid dienone is 6. The zero-order chi connectivity index (χ0) is 46.2. The second-order valence-electron chi connectivity index (χ2n) is 13.6. The first-order valence-electron chi connectivity index (χ1n) is 23.9. The number of para-hydroxylation sites is 1. The molecule has 0 amide bonds. The van der Waals surface area contributed by atoms with E-state index < -0.39 is 18.8 Å². The SMILES string of the molecule is [2H]C1=C([2H])C([2H])C([2H])C(N(c2ccc(-c3ccccc3)cc2)c2ccc(-c3cccc(C4=CCC(N(c5ccc(-c6ccccc6)cc5)c5c([2H])c([2H])c([2H])c([2H])c5[2H])C=C4)c3)cc2)=C1[2H]. The molecule has 0 aliphatic heterocycles. The summed E-state index contributed by atoms with van der Waals surface area (Å²) in [5.74, 6) is 0. The maximum Gasteiger partial charge on any atom is 0.0645 e. The number of benzene rings is 7. The predicted molar refractivity (Wildman–Crippen MR) is 238 cm³/mol. The third kappa shape index (κ3) is 7.56. The third-order valence-electron chi connectivity index (χ3n) is 10.1. The summed E-state index contributed by atoms with van der Waals surface area (Å²) >= 11 is 0. The molecule has 2 heteroatoms. The normalized spacial score (nSPS) is 20.5. The summed E-state index contributed by atoms with van der Waals surface area (Å²) in [7, 11) is 0. The first-order valence-corrected chi connectivity index (χ1v) is 18.7. The van der Waals surface area contributed by atoms with Crippen molar-refractivity contribution >= 4 is 28.3 Å². The lowest BCUT2D eigenvalue weighted by molar-refractivity contribution is 0.787. The first kappa shape index (κ1) is 25.2. The highest BCUT2D eigenvalue weighted by Crippen LogP contribution is 2.38. The second-order valence-corrected chi connectivity index (χ2v) is 13.6.